The van der Waals surface area contributed by atoms with E-state index >= 15 is 0 Å². The van der Waals surface area contributed by atoms with Gasteiger partial charge >= 0.3 is 0 Å². The van der Waals surface area contributed by atoms with Crippen LogP contribution in [0.15, 0.2) is 48.8 Å². The van der Waals surface area contributed by atoms with Crippen LogP contribution in [0.5, 0.6) is 5.75 Å². The fourth-order valence-electron chi connectivity index (χ4n) is 3.44. The molecule has 0 unspecified atom stereocenters. The van der Waals surface area contributed by atoms with Gasteiger partial charge in [-0.15, -0.1) is 0 Å². The van der Waals surface area contributed by atoms with Crippen LogP contribution < -0.4 is 4.74 Å². The Morgan fingerprint density at radius 2 is 2.08 bits per heavy atom. The van der Waals surface area contributed by atoms with Gasteiger partial charge in [-0.05, 0) is 42.3 Å². The number of hydrogen-bond acceptors (Lipinski definition) is 5. The van der Waals surface area contributed by atoms with Gasteiger partial charge < -0.3 is 14.4 Å². The highest BCUT2D eigenvalue weighted by Gasteiger charge is 2.42. The van der Waals surface area contributed by atoms with Gasteiger partial charge in [-0.3, -0.25) is 9.78 Å². The van der Waals surface area contributed by atoms with Crippen molar-refractivity contribution < 1.29 is 14.3 Å². The summed E-state index contributed by atoms with van der Waals surface area (Å²) in [5.41, 5.74) is 1.56. The van der Waals surface area contributed by atoms with Crippen molar-refractivity contribution in [1.82, 2.24) is 9.88 Å². The zero-order valence-corrected chi connectivity index (χ0v) is 14.2. The molecule has 0 radical (unpaired) electrons. The molecule has 2 aliphatic heterocycles. The second-order valence-corrected chi connectivity index (χ2v) is 6.59. The van der Waals surface area contributed by atoms with Gasteiger partial charge in [0.1, 0.15) is 11.9 Å². The van der Waals surface area contributed by atoms with Crippen LogP contribution in [0.25, 0.3) is 0 Å². The number of aromatic nitrogens is 1. The van der Waals surface area contributed by atoms with Crippen molar-refractivity contribution in [2.45, 2.75) is 18.6 Å². The third-order valence-electron chi connectivity index (χ3n) is 4.87. The Morgan fingerprint density at radius 1 is 1.27 bits per heavy atom. The third kappa shape index (κ3) is 3.26. The van der Waals surface area contributed by atoms with E-state index in [-0.39, 0.29) is 24.0 Å². The van der Waals surface area contributed by atoms with E-state index in [2.05, 4.69) is 11.1 Å². The number of pyridine rings is 1. The van der Waals surface area contributed by atoms with Crippen LogP contribution in [-0.4, -0.2) is 41.6 Å². The lowest BCUT2D eigenvalue weighted by atomic mass is 9.93. The van der Waals surface area contributed by atoms with Crippen LogP contribution in [0.1, 0.15) is 23.7 Å². The number of nitriles is 1. The fraction of sp³-hybridized carbons (Fsp3) is 0.350. The number of likely N-dealkylation sites (tertiary alicyclic amines) is 1. The molecule has 0 saturated carbocycles. The van der Waals surface area contributed by atoms with E-state index in [1.807, 2.05) is 17.0 Å². The van der Waals surface area contributed by atoms with E-state index in [1.165, 1.54) is 0 Å². The van der Waals surface area contributed by atoms with E-state index in [4.69, 9.17) is 14.7 Å². The highest BCUT2D eigenvalue weighted by molar-refractivity contribution is 5.80. The van der Waals surface area contributed by atoms with Crippen LogP contribution in [0, 0.1) is 17.2 Å². The van der Waals surface area contributed by atoms with Crippen molar-refractivity contribution in [3.05, 3.63) is 59.9 Å². The molecule has 4 rings (SSSR count). The van der Waals surface area contributed by atoms with Crippen molar-refractivity contribution in [1.29, 1.82) is 5.26 Å². The minimum absolute atomic E-state index is 0.00829. The van der Waals surface area contributed by atoms with Crippen molar-refractivity contribution in [2.24, 2.45) is 5.92 Å². The smallest absolute Gasteiger partial charge is 0.229 e. The molecule has 2 aromatic rings. The fourth-order valence-corrected chi connectivity index (χ4v) is 3.44. The van der Waals surface area contributed by atoms with Gasteiger partial charge in [-0.25, -0.2) is 0 Å². The SMILES string of the molecule is N#Cc1ccc(OC2CN(C(=O)[C@H]3CCO[C@@H]3c3cccnc3)C2)cc1. The molecule has 0 N–H and O–H groups in total. The first-order chi connectivity index (χ1) is 12.7. The molecule has 0 bridgehead atoms. The van der Waals surface area contributed by atoms with Crippen molar-refractivity contribution in [2.75, 3.05) is 19.7 Å². The van der Waals surface area contributed by atoms with Crippen LogP contribution in [0.2, 0.25) is 0 Å². The molecule has 26 heavy (non-hydrogen) atoms. The summed E-state index contributed by atoms with van der Waals surface area (Å²) in [6.45, 7) is 1.75. The molecule has 6 heteroatoms. The maximum absolute atomic E-state index is 12.8. The maximum Gasteiger partial charge on any atom is 0.229 e. The summed E-state index contributed by atoms with van der Waals surface area (Å²) in [6, 6.07) is 12.9. The van der Waals surface area contributed by atoms with Gasteiger partial charge in [0.25, 0.3) is 0 Å². The molecule has 6 nitrogen and oxygen atoms in total. The van der Waals surface area contributed by atoms with Gasteiger partial charge in [-0.1, -0.05) is 6.07 Å². The number of carbonyl (C=O) groups excluding carboxylic acids is 1. The number of benzene rings is 1. The highest BCUT2D eigenvalue weighted by Crippen LogP contribution is 2.36. The third-order valence-corrected chi connectivity index (χ3v) is 4.87. The predicted molar refractivity (Wildman–Crippen MR) is 93.2 cm³/mol. The Morgan fingerprint density at radius 3 is 2.77 bits per heavy atom. The van der Waals surface area contributed by atoms with Crippen molar-refractivity contribution in [3.63, 3.8) is 0 Å². The topological polar surface area (TPSA) is 75.5 Å². The molecular weight excluding hydrogens is 330 g/mol. The largest absolute Gasteiger partial charge is 0.487 e. The van der Waals surface area contributed by atoms with Crippen LogP contribution in [0.4, 0.5) is 0 Å². The second-order valence-electron chi connectivity index (χ2n) is 6.59. The van der Waals surface area contributed by atoms with Gasteiger partial charge in [0.2, 0.25) is 5.91 Å². The molecule has 2 saturated heterocycles. The molecule has 2 fully saturated rings. The molecule has 1 aromatic heterocycles. The number of nitrogens with zero attached hydrogens (tertiary/aromatic N) is 3. The molecule has 0 spiro atoms. The van der Waals surface area contributed by atoms with E-state index < -0.39 is 0 Å². The minimum atomic E-state index is -0.213. The van der Waals surface area contributed by atoms with Gasteiger partial charge in [0.15, 0.2) is 0 Å². The van der Waals surface area contributed by atoms with Crippen LogP contribution in [0.3, 0.4) is 0 Å². The average molecular weight is 349 g/mol. The Hall–Kier alpha value is -2.91. The summed E-state index contributed by atoms with van der Waals surface area (Å²) in [7, 11) is 0. The molecule has 132 valence electrons. The first-order valence-electron chi connectivity index (χ1n) is 8.72. The maximum atomic E-state index is 12.8. The summed E-state index contributed by atoms with van der Waals surface area (Å²) >= 11 is 0. The molecule has 0 aliphatic carbocycles. The molecule has 2 atom stereocenters. The highest BCUT2D eigenvalue weighted by atomic mass is 16.5. The van der Waals surface area contributed by atoms with Gasteiger partial charge in [0.05, 0.1) is 36.7 Å². The summed E-state index contributed by atoms with van der Waals surface area (Å²) in [6.07, 6.45) is 4.00. The summed E-state index contributed by atoms with van der Waals surface area (Å²) < 4.78 is 11.7. The number of ether oxygens (including phenoxy) is 2. The van der Waals surface area contributed by atoms with Crippen molar-refractivity contribution in [3.8, 4) is 11.8 Å². The predicted octanol–water partition coefficient (Wildman–Crippen LogP) is 2.32. The first kappa shape index (κ1) is 16.6. The first-order valence-corrected chi connectivity index (χ1v) is 8.72. The summed E-state index contributed by atoms with van der Waals surface area (Å²) in [5.74, 6) is 0.685. The number of hydrogen-bond donors (Lipinski definition) is 0. The zero-order valence-electron chi connectivity index (χ0n) is 14.2. The number of amides is 1. The Kier molecular flexibility index (Phi) is 4.55. The molecule has 1 aromatic carbocycles. The standard InChI is InChI=1S/C20H19N3O3/c21-10-14-3-5-16(6-4-14)26-17-12-23(13-17)20(24)18-7-9-25-19(18)15-2-1-8-22-11-15/h1-6,8,11,17-19H,7,9,12-13H2/t18-,19+/m0/s1. The summed E-state index contributed by atoms with van der Waals surface area (Å²) in [5, 5.41) is 8.82. The Bertz CT molecular complexity index is 810. The van der Waals surface area contributed by atoms with E-state index in [1.54, 1.807) is 36.7 Å². The minimum Gasteiger partial charge on any atom is -0.487 e. The number of rotatable bonds is 4. The monoisotopic (exact) mass is 349 g/mol. The molecule has 3 heterocycles. The quantitative estimate of drug-likeness (QED) is 0.847. The van der Waals surface area contributed by atoms with Gasteiger partial charge in [-0.2, -0.15) is 5.26 Å². The Labute approximate surface area is 152 Å². The van der Waals surface area contributed by atoms with Crippen LogP contribution in [-0.2, 0) is 9.53 Å². The molecule has 2 aliphatic rings. The lowest BCUT2D eigenvalue weighted by Crippen LogP contribution is -2.57. The summed E-state index contributed by atoms with van der Waals surface area (Å²) in [4.78, 5) is 18.8. The lowest BCUT2D eigenvalue weighted by Gasteiger charge is -2.40. The lowest BCUT2D eigenvalue weighted by molar-refractivity contribution is -0.146. The van der Waals surface area contributed by atoms with E-state index in [0.717, 1.165) is 17.7 Å². The molecular formula is C20H19N3O3. The van der Waals surface area contributed by atoms with Crippen LogP contribution >= 0.6 is 0 Å². The second kappa shape index (κ2) is 7.14. The Balaban J connectivity index is 1.33. The number of carbonyl (C=O) groups is 1. The van der Waals surface area contributed by atoms with E-state index in [9.17, 15) is 4.79 Å². The van der Waals surface area contributed by atoms with Crippen molar-refractivity contribution >= 4 is 5.91 Å². The molecule has 1 amide bonds. The average Bonchev–Trinajstić information content (AvgIpc) is 3.15. The normalized spacial score (nSPS) is 22.5. The van der Waals surface area contributed by atoms with Gasteiger partial charge in [0, 0.05) is 19.0 Å². The zero-order chi connectivity index (χ0) is 17.9. The van der Waals surface area contributed by atoms with E-state index in [0.29, 0.717) is 25.3 Å².